The molecule has 1 fully saturated rings. The molecule has 0 spiro atoms. The molecule has 1 amide bonds. The largest absolute Gasteiger partial charge is 0.326 e. The van der Waals surface area contributed by atoms with Gasteiger partial charge in [0.05, 0.1) is 0 Å². The molecule has 0 aromatic heterocycles. The number of halogens is 1. The predicted molar refractivity (Wildman–Crippen MR) is 113 cm³/mol. The van der Waals surface area contributed by atoms with Crippen LogP contribution < -0.4 is 10.6 Å². The maximum absolute atomic E-state index is 12.1. The zero-order chi connectivity index (χ0) is 17.5. The lowest BCUT2D eigenvalue weighted by Gasteiger charge is -2.13. The van der Waals surface area contributed by atoms with Crippen LogP contribution in [0.5, 0.6) is 0 Å². The highest BCUT2D eigenvalue weighted by atomic mass is 35.5. The number of rotatable bonds is 7. The Labute approximate surface area is 166 Å². The zero-order valence-corrected chi connectivity index (χ0v) is 16.7. The Bertz CT molecular complexity index is 672. The molecule has 2 atom stereocenters. The lowest BCUT2D eigenvalue weighted by atomic mass is 10.0. The smallest absolute Gasteiger partial charge is 0.224 e. The average molecular weight is 391 g/mol. The van der Waals surface area contributed by atoms with Crippen molar-refractivity contribution < 1.29 is 4.79 Å². The summed E-state index contributed by atoms with van der Waals surface area (Å²) in [7, 11) is 0. The van der Waals surface area contributed by atoms with Gasteiger partial charge >= 0.3 is 0 Å². The number of carbonyl (C=O) groups is 1. The van der Waals surface area contributed by atoms with E-state index in [9.17, 15) is 4.79 Å². The Hall–Kier alpha value is -1.49. The molecule has 2 aromatic rings. The molecule has 2 unspecified atom stereocenters. The van der Waals surface area contributed by atoms with Crippen LogP contribution in [-0.4, -0.2) is 19.0 Å². The van der Waals surface area contributed by atoms with E-state index in [1.165, 1.54) is 16.9 Å². The third kappa shape index (κ3) is 6.35. The van der Waals surface area contributed by atoms with Crippen LogP contribution in [0.15, 0.2) is 59.5 Å². The van der Waals surface area contributed by atoms with Crippen molar-refractivity contribution in [2.75, 3.05) is 18.4 Å². The molecule has 0 radical (unpaired) electrons. The zero-order valence-electron chi connectivity index (χ0n) is 15.1. The molecule has 0 saturated carbocycles. The molecule has 3 nitrogen and oxygen atoms in total. The summed E-state index contributed by atoms with van der Waals surface area (Å²) in [4.78, 5) is 13.4. The fraction of sp³-hybridized carbons (Fsp3) is 0.381. The molecule has 5 heteroatoms. The topological polar surface area (TPSA) is 41.1 Å². The van der Waals surface area contributed by atoms with Gasteiger partial charge in [0, 0.05) is 22.3 Å². The number of amides is 1. The number of hydrogen-bond donors (Lipinski definition) is 2. The molecule has 140 valence electrons. The third-order valence-electron chi connectivity index (χ3n) is 4.66. The van der Waals surface area contributed by atoms with Crippen LogP contribution in [0.4, 0.5) is 5.69 Å². The van der Waals surface area contributed by atoms with E-state index in [4.69, 9.17) is 0 Å². The second-order valence-corrected chi connectivity index (χ2v) is 8.06. The molecule has 0 bridgehead atoms. The number of hydrogen-bond acceptors (Lipinski definition) is 3. The van der Waals surface area contributed by atoms with Gasteiger partial charge in [-0.2, -0.15) is 0 Å². The fourth-order valence-electron chi connectivity index (χ4n) is 3.13. The van der Waals surface area contributed by atoms with Crippen molar-refractivity contribution in [1.29, 1.82) is 0 Å². The first kappa shape index (κ1) is 20.8. The Morgan fingerprint density at radius 3 is 2.58 bits per heavy atom. The molecule has 0 aliphatic carbocycles. The van der Waals surface area contributed by atoms with Gasteiger partial charge in [-0.05, 0) is 68.6 Å². The van der Waals surface area contributed by atoms with Gasteiger partial charge in [-0.3, -0.25) is 4.79 Å². The van der Waals surface area contributed by atoms with Gasteiger partial charge in [0.15, 0.2) is 0 Å². The summed E-state index contributed by atoms with van der Waals surface area (Å²) >= 11 is 1.85. The van der Waals surface area contributed by atoms with E-state index >= 15 is 0 Å². The lowest BCUT2D eigenvalue weighted by molar-refractivity contribution is -0.116. The Morgan fingerprint density at radius 2 is 1.92 bits per heavy atom. The molecular weight excluding hydrogens is 364 g/mol. The van der Waals surface area contributed by atoms with Crippen molar-refractivity contribution in [2.24, 2.45) is 5.92 Å². The molecule has 3 rings (SSSR count). The van der Waals surface area contributed by atoms with Crippen LogP contribution in [-0.2, 0) is 4.79 Å². The quantitative estimate of drug-likeness (QED) is 0.631. The van der Waals surface area contributed by atoms with Crippen molar-refractivity contribution in [1.82, 2.24) is 5.32 Å². The van der Waals surface area contributed by atoms with E-state index < -0.39 is 0 Å². The van der Waals surface area contributed by atoms with Crippen LogP contribution in [0.3, 0.4) is 0 Å². The summed E-state index contributed by atoms with van der Waals surface area (Å²) in [5.41, 5.74) is 2.15. The summed E-state index contributed by atoms with van der Waals surface area (Å²) in [6.45, 7) is 4.35. The van der Waals surface area contributed by atoms with Crippen molar-refractivity contribution in [3.05, 3.63) is 60.2 Å². The molecule has 1 heterocycles. The monoisotopic (exact) mass is 390 g/mol. The number of thioether (sulfide) groups is 1. The van der Waals surface area contributed by atoms with Gasteiger partial charge in [-0.25, -0.2) is 0 Å². The summed E-state index contributed by atoms with van der Waals surface area (Å²) in [6.07, 6.45) is 2.77. The van der Waals surface area contributed by atoms with E-state index in [-0.39, 0.29) is 18.3 Å². The van der Waals surface area contributed by atoms with E-state index in [0.29, 0.717) is 17.6 Å². The van der Waals surface area contributed by atoms with E-state index in [1.54, 1.807) is 0 Å². The van der Waals surface area contributed by atoms with Crippen LogP contribution in [0.25, 0.3) is 0 Å². The van der Waals surface area contributed by atoms with E-state index in [0.717, 1.165) is 25.2 Å². The predicted octanol–water partition coefficient (Wildman–Crippen LogP) is 5.29. The van der Waals surface area contributed by atoms with Crippen molar-refractivity contribution in [3.8, 4) is 0 Å². The van der Waals surface area contributed by atoms with Crippen LogP contribution in [0.1, 0.15) is 37.0 Å². The number of anilines is 1. The van der Waals surface area contributed by atoms with Gasteiger partial charge in [-0.1, -0.05) is 30.3 Å². The van der Waals surface area contributed by atoms with Crippen molar-refractivity contribution >= 4 is 35.8 Å². The highest BCUT2D eigenvalue weighted by Gasteiger charge is 2.15. The minimum Gasteiger partial charge on any atom is -0.326 e. The summed E-state index contributed by atoms with van der Waals surface area (Å²) in [5.74, 6) is 0.773. The number of benzene rings is 2. The second-order valence-electron chi connectivity index (χ2n) is 6.64. The first-order chi connectivity index (χ1) is 12.2. The van der Waals surface area contributed by atoms with Crippen LogP contribution in [0.2, 0.25) is 0 Å². The van der Waals surface area contributed by atoms with Crippen LogP contribution in [0, 0.1) is 5.92 Å². The highest BCUT2D eigenvalue weighted by Crippen LogP contribution is 2.34. The highest BCUT2D eigenvalue weighted by molar-refractivity contribution is 7.99. The van der Waals surface area contributed by atoms with Crippen molar-refractivity contribution in [3.63, 3.8) is 0 Å². The molecule has 1 aliphatic heterocycles. The standard InChI is InChI=1S/C21H26N2OS.ClH/c1-16(25-20-5-3-2-4-6-20)18-8-10-19(11-9-18)23-21(24)12-7-17-13-14-22-15-17;/h2-6,8-11,16-17,22H,7,12-15H2,1H3,(H,23,24);1H. The summed E-state index contributed by atoms with van der Waals surface area (Å²) in [6, 6.07) is 18.7. The van der Waals surface area contributed by atoms with Crippen molar-refractivity contribution in [2.45, 2.75) is 36.3 Å². The van der Waals surface area contributed by atoms with E-state index in [2.05, 4.69) is 54.0 Å². The summed E-state index contributed by atoms with van der Waals surface area (Å²) < 4.78 is 0. The average Bonchev–Trinajstić information content (AvgIpc) is 3.15. The molecule has 1 aliphatic rings. The molecule has 2 N–H and O–H groups in total. The van der Waals surface area contributed by atoms with Gasteiger partial charge in [-0.15, -0.1) is 24.2 Å². The molecule has 1 saturated heterocycles. The van der Waals surface area contributed by atoms with Crippen LogP contribution >= 0.6 is 24.2 Å². The third-order valence-corrected chi connectivity index (χ3v) is 5.83. The normalized spacial score (nSPS) is 17.3. The second kappa shape index (κ2) is 10.6. The maximum atomic E-state index is 12.1. The summed E-state index contributed by atoms with van der Waals surface area (Å²) in [5, 5.41) is 6.74. The minimum absolute atomic E-state index is 0. The number of carbonyl (C=O) groups excluding carboxylic acids is 1. The van der Waals surface area contributed by atoms with E-state index in [1.807, 2.05) is 30.0 Å². The van der Waals surface area contributed by atoms with Gasteiger partial charge in [0.1, 0.15) is 0 Å². The molecular formula is C21H27ClN2OS. The van der Waals surface area contributed by atoms with Gasteiger partial charge < -0.3 is 10.6 Å². The maximum Gasteiger partial charge on any atom is 0.224 e. The lowest BCUT2D eigenvalue weighted by Crippen LogP contribution is -2.15. The van der Waals surface area contributed by atoms with Gasteiger partial charge in [0.2, 0.25) is 5.91 Å². The fourth-order valence-corrected chi connectivity index (χ4v) is 4.14. The Kier molecular flexibility index (Phi) is 8.49. The molecule has 2 aromatic carbocycles. The first-order valence-corrected chi connectivity index (χ1v) is 9.91. The van der Waals surface area contributed by atoms with Gasteiger partial charge in [0.25, 0.3) is 0 Å². The Morgan fingerprint density at radius 1 is 1.19 bits per heavy atom. The minimum atomic E-state index is 0. The SMILES string of the molecule is CC(Sc1ccccc1)c1ccc(NC(=O)CCC2CCNC2)cc1.Cl. The number of nitrogens with one attached hydrogen (secondary N) is 2. The first-order valence-electron chi connectivity index (χ1n) is 9.03. The Balaban J connectivity index is 0.00000243. The molecule has 26 heavy (non-hydrogen) atoms.